The standard InChI is InChI=1S/C24H18F3N3O2S/c1-17(31)30(21-10-3-2-4-11-21)23-29-20(16-33-23)12-13-22(32)28-14-6-8-18-7-5-9-19(15-18)24(25,26)27/h2-5,7,9-13,15-16H,14H2,1H3,(H,28,32)/b13-12+. The Morgan fingerprint density at radius 3 is 2.61 bits per heavy atom. The molecular weight excluding hydrogens is 451 g/mol. The van der Waals surface area contributed by atoms with Crippen LogP contribution in [0.1, 0.15) is 23.7 Å². The van der Waals surface area contributed by atoms with Crippen LogP contribution in [0.25, 0.3) is 6.08 Å². The Kier molecular flexibility index (Phi) is 7.64. The van der Waals surface area contributed by atoms with Crippen LogP contribution < -0.4 is 10.2 Å². The molecule has 0 saturated heterocycles. The molecule has 33 heavy (non-hydrogen) atoms. The van der Waals surface area contributed by atoms with Crippen molar-refractivity contribution >= 4 is 40.0 Å². The van der Waals surface area contributed by atoms with Gasteiger partial charge in [-0.2, -0.15) is 13.2 Å². The van der Waals surface area contributed by atoms with E-state index < -0.39 is 17.6 Å². The van der Waals surface area contributed by atoms with Crippen molar-refractivity contribution in [3.05, 3.63) is 82.9 Å². The Balaban J connectivity index is 1.58. The van der Waals surface area contributed by atoms with Gasteiger partial charge in [0.1, 0.15) is 0 Å². The number of thiazole rings is 1. The molecule has 1 aromatic heterocycles. The second-order valence-corrected chi connectivity index (χ2v) is 7.51. The van der Waals surface area contributed by atoms with E-state index in [1.807, 2.05) is 18.2 Å². The Morgan fingerprint density at radius 2 is 1.91 bits per heavy atom. The van der Waals surface area contributed by atoms with E-state index in [1.54, 1.807) is 17.5 Å². The quantitative estimate of drug-likeness (QED) is 0.421. The third-order valence-corrected chi connectivity index (χ3v) is 5.05. The van der Waals surface area contributed by atoms with E-state index >= 15 is 0 Å². The largest absolute Gasteiger partial charge is 0.416 e. The molecule has 1 heterocycles. The molecule has 3 rings (SSSR count). The van der Waals surface area contributed by atoms with E-state index in [0.717, 1.165) is 12.1 Å². The highest BCUT2D eigenvalue weighted by atomic mass is 32.1. The van der Waals surface area contributed by atoms with Crippen LogP contribution in [-0.4, -0.2) is 23.3 Å². The maximum atomic E-state index is 12.7. The fourth-order valence-corrected chi connectivity index (χ4v) is 3.59. The zero-order valence-corrected chi connectivity index (χ0v) is 18.2. The summed E-state index contributed by atoms with van der Waals surface area (Å²) in [5.41, 5.74) is 0.618. The van der Waals surface area contributed by atoms with Crippen molar-refractivity contribution in [2.75, 3.05) is 11.4 Å². The number of aromatic nitrogens is 1. The van der Waals surface area contributed by atoms with E-state index in [-0.39, 0.29) is 18.0 Å². The maximum Gasteiger partial charge on any atom is 0.416 e. The molecule has 5 nitrogen and oxygen atoms in total. The summed E-state index contributed by atoms with van der Waals surface area (Å²) in [5.74, 6) is 4.58. The Bertz CT molecular complexity index is 1220. The van der Waals surface area contributed by atoms with E-state index in [4.69, 9.17) is 0 Å². The predicted octanol–water partition coefficient (Wildman–Crippen LogP) is 5.03. The Morgan fingerprint density at radius 1 is 1.15 bits per heavy atom. The number of amides is 2. The molecule has 3 aromatic rings. The highest BCUT2D eigenvalue weighted by Crippen LogP contribution is 2.30. The van der Waals surface area contributed by atoms with Crippen LogP contribution in [0.3, 0.4) is 0 Å². The molecule has 0 atom stereocenters. The molecule has 0 aliphatic rings. The van der Waals surface area contributed by atoms with Gasteiger partial charge in [0.15, 0.2) is 5.13 Å². The minimum Gasteiger partial charge on any atom is -0.342 e. The van der Waals surface area contributed by atoms with Gasteiger partial charge in [-0.05, 0) is 36.4 Å². The molecule has 0 unspecified atom stereocenters. The summed E-state index contributed by atoms with van der Waals surface area (Å²) in [6.45, 7) is 1.41. The molecule has 2 aromatic carbocycles. The van der Waals surface area contributed by atoms with Crippen molar-refractivity contribution in [2.45, 2.75) is 13.1 Å². The zero-order valence-electron chi connectivity index (χ0n) is 17.4. The highest BCUT2D eigenvalue weighted by Gasteiger charge is 2.30. The fraction of sp³-hybridized carbons (Fsp3) is 0.125. The zero-order chi connectivity index (χ0) is 23.8. The lowest BCUT2D eigenvalue weighted by molar-refractivity contribution is -0.137. The molecule has 0 saturated carbocycles. The summed E-state index contributed by atoms with van der Waals surface area (Å²) in [5, 5.41) is 4.72. The van der Waals surface area contributed by atoms with Crippen molar-refractivity contribution in [2.24, 2.45) is 0 Å². The molecular formula is C24H18F3N3O2S. The summed E-state index contributed by atoms with van der Waals surface area (Å²) in [6, 6.07) is 13.7. The van der Waals surface area contributed by atoms with Crippen LogP contribution in [0.15, 0.2) is 66.1 Å². The lowest BCUT2D eigenvalue weighted by Gasteiger charge is -2.17. The van der Waals surface area contributed by atoms with Gasteiger partial charge in [0.2, 0.25) is 11.8 Å². The minimum atomic E-state index is -4.44. The lowest BCUT2D eigenvalue weighted by Crippen LogP contribution is -2.22. The number of nitrogens with one attached hydrogen (secondary N) is 1. The van der Waals surface area contributed by atoms with Gasteiger partial charge in [0.25, 0.3) is 0 Å². The Labute approximate surface area is 192 Å². The van der Waals surface area contributed by atoms with Crippen molar-refractivity contribution in [3.63, 3.8) is 0 Å². The normalized spacial score (nSPS) is 11.0. The number of para-hydroxylation sites is 1. The van der Waals surface area contributed by atoms with Crippen molar-refractivity contribution < 1.29 is 22.8 Å². The second kappa shape index (κ2) is 10.6. The number of anilines is 2. The first-order valence-electron chi connectivity index (χ1n) is 9.67. The van der Waals surface area contributed by atoms with Gasteiger partial charge >= 0.3 is 6.18 Å². The van der Waals surface area contributed by atoms with Crippen LogP contribution in [0.4, 0.5) is 24.0 Å². The predicted molar refractivity (Wildman–Crippen MR) is 122 cm³/mol. The van der Waals surface area contributed by atoms with Gasteiger partial charge in [-0.15, -0.1) is 11.3 Å². The monoisotopic (exact) mass is 469 g/mol. The number of nitrogens with zero attached hydrogens (tertiary/aromatic N) is 2. The topological polar surface area (TPSA) is 62.3 Å². The van der Waals surface area contributed by atoms with Crippen molar-refractivity contribution in [1.29, 1.82) is 0 Å². The summed E-state index contributed by atoms with van der Waals surface area (Å²) in [4.78, 5) is 29.9. The van der Waals surface area contributed by atoms with Crippen molar-refractivity contribution in [3.8, 4) is 11.8 Å². The van der Waals surface area contributed by atoms with Gasteiger partial charge < -0.3 is 5.32 Å². The third kappa shape index (κ3) is 6.79. The lowest BCUT2D eigenvalue weighted by atomic mass is 10.1. The van der Waals surface area contributed by atoms with Crippen molar-refractivity contribution in [1.82, 2.24) is 10.3 Å². The minimum absolute atomic E-state index is 0.0339. The third-order valence-electron chi connectivity index (χ3n) is 4.21. The fourth-order valence-electron chi connectivity index (χ4n) is 2.73. The maximum absolute atomic E-state index is 12.7. The molecule has 0 radical (unpaired) electrons. The van der Waals surface area contributed by atoms with Gasteiger partial charge in [-0.25, -0.2) is 4.98 Å². The highest BCUT2D eigenvalue weighted by molar-refractivity contribution is 7.14. The first kappa shape index (κ1) is 23.8. The van der Waals surface area contributed by atoms with E-state index in [1.165, 1.54) is 47.4 Å². The summed E-state index contributed by atoms with van der Waals surface area (Å²) in [7, 11) is 0. The van der Waals surface area contributed by atoms with Gasteiger partial charge in [0.05, 0.1) is 23.5 Å². The number of rotatable bonds is 5. The molecule has 0 fully saturated rings. The molecule has 9 heteroatoms. The summed E-state index contributed by atoms with van der Waals surface area (Å²) >= 11 is 1.26. The molecule has 0 aliphatic carbocycles. The Hall–Kier alpha value is -3.90. The molecule has 0 aliphatic heterocycles. The molecule has 0 spiro atoms. The number of carbonyl (C=O) groups excluding carboxylic acids is 2. The van der Waals surface area contributed by atoms with E-state index in [9.17, 15) is 22.8 Å². The number of alkyl halides is 3. The number of benzene rings is 2. The van der Waals surface area contributed by atoms with Crippen LogP contribution >= 0.6 is 11.3 Å². The van der Waals surface area contributed by atoms with Gasteiger partial charge in [0, 0.05) is 23.9 Å². The SMILES string of the molecule is CC(=O)N(c1ccccc1)c1nc(/C=C/C(=O)NCC#Cc2cccc(C(F)(F)F)c2)cs1. The molecule has 0 bridgehead atoms. The summed E-state index contributed by atoms with van der Waals surface area (Å²) in [6.07, 6.45) is -1.67. The van der Waals surface area contributed by atoms with E-state index in [2.05, 4.69) is 22.1 Å². The number of hydrogen-bond donors (Lipinski definition) is 1. The van der Waals surface area contributed by atoms with Crippen LogP contribution in [-0.2, 0) is 15.8 Å². The first-order valence-corrected chi connectivity index (χ1v) is 10.6. The smallest absolute Gasteiger partial charge is 0.342 e. The van der Waals surface area contributed by atoms with Gasteiger partial charge in [-0.1, -0.05) is 36.1 Å². The van der Waals surface area contributed by atoms with Crippen LogP contribution in [0.5, 0.6) is 0 Å². The number of carbonyl (C=O) groups is 2. The molecule has 2 amide bonds. The second-order valence-electron chi connectivity index (χ2n) is 6.68. The number of halogens is 3. The van der Waals surface area contributed by atoms with Crippen LogP contribution in [0, 0.1) is 11.8 Å². The van der Waals surface area contributed by atoms with Crippen LogP contribution in [0.2, 0.25) is 0 Å². The molecule has 168 valence electrons. The average Bonchev–Trinajstić information content (AvgIpc) is 3.24. The van der Waals surface area contributed by atoms with E-state index in [0.29, 0.717) is 16.5 Å². The first-order chi connectivity index (χ1) is 15.7. The van der Waals surface area contributed by atoms with Gasteiger partial charge in [-0.3, -0.25) is 14.5 Å². The number of hydrogen-bond acceptors (Lipinski definition) is 4. The molecule has 1 N–H and O–H groups in total. The average molecular weight is 469 g/mol. The summed E-state index contributed by atoms with van der Waals surface area (Å²) < 4.78 is 38.2.